The Morgan fingerprint density at radius 1 is 1.26 bits per heavy atom. The highest BCUT2D eigenvalue weighted by Crippen LogP contribution is 2.47. The number of likely N-dealkylation sites (tertiary alicyclic amines) is 1. The Morgan fingerprint density at radius 2 is 2.04 bits per heavy atom. The van der Waals surface area contributed by atoms with Gasteiger partial charge in [0.05, 0.1) is 22.8 Å². The summed E-state index contributed by atoms with van der Waals surface area (Å²) in [6, 6.07) is 4.82. The van der Waals surface area contributed by atoms with E-state index in [0.717, 1.165) is 23.5 Å². The maximum absolute atomic E-state index is 5.03. The number of hydrogen-bond donors (Lipinski definition) is 2. The van der Waals surface area contributed by atoms with Crippen molar-refractivity contribution in [3.05, 3.63) is 29.6 Å². The normalized spacial score (nSPS) is 23.7. The summed E-state index contributed by atoms with van der Waals surface area (Å²) in [5.74, 6) is 1.25. The third kappa shape index (κ3) is 2.39. The van der Waals surface area contributed by atoms with Crippen LogP contribution in [-0.4, -0.2) is 41.0 Å². The summed E-state index contributed by atoms with van der Waals surface area (Å²) in [7, 11) is 0. The fraction of sp³-hybridized carbons (Fsp3) is 0.632. The van der Waals surface area contributed by atoms with Crippen molar-refractivity contribution >= 4 is 11.0 Å². The van der Waals surface area contributed by atoms with Crippen LogP contribution in [0.2, 0.25) is 0 Å². The van der Waals surface area contributed by atoms with E-state index in [-0.39, 0.29) is 0 Å². The fourth-order valence-electron chi connectivity index (χ4n) is 4.33. The van der Waals surface area contributed by atoms with Crippen LogP contribution in [0.3, 0.4) is 0 Å². The van der Waals surface area contributed by atoms with Crippen LogP contribution in [0.4, 0.5) is 0 Å². The molecule has 0 amide bonds. The molecule has 4 heterocycles. The van der Waals surface area contributed by atoms with Crippen molar-refractivity contribution < 1.29 is 0 Å². The Morgan fingerprint density at radius 3 is 2.65 bits per heavy atom. The molecule has 2 saturated heterocycles. The van der Waals surface area contributed by atoms with Gasteiger partial charge < -0.3 is 15.2 Å². The number of aromatic nitrogens is 2. The molecule has 2 aliphatic rings. The quantitative estimate of drug-likeness (QED) is 0.910. The molecule has 0 bridgehead atoms. The molecule has 0 aliphatic carbocycles. The summed E-state index contributed by atoms with van der Waals surface area (Å²) in [6.45, 7) is 13.9. The SMILES string of the molecule is CC(C)CN1CC2(CNC2c2ccc3[nH]cc(C(C)C)c3n2)C1. The first kappa shape index (κ1) is 15.2. The van der Waals surface area contributed by atoms with Crippen molar-refractivity contribution in [3.8, 4) is 0 Å². The molecule has 2 aromatic rings. The number of pyridine rings is 1. The number of H-pyrrole nitrogens is 1. The summed E-state index contributed by atoms with van der Waals surface area (Å²) < 4.78 is 0. The molecule has 4 heteroatoms. The molecule has 124 valence electrons. The second-order valence-electron chi connectivity index (χ2n) is 8.27. The van der Waals surface area contributed by atoms with Gasteiger partial charge in [-0.15, -0.1) is 0 Å². The zero-order chi connectivity index (χ0) is 16.2. The van der Waals surface area contributed by atoms with Crippen LogP contribution in [-0.2, 0) is 0 Å². The molecule has 4 rings (SSSR count). The van der Waals surface area contributed by atoms with Gasteiger partial charge in [-0.25, -0.2) is 4.98 Å². The Balaban J connectivity index is 1.57. The summed E-state index contributed by atoms with van der Waals surface area (Å²) >= 11 is 0. The summed E-state index contributed by atoms with van der Waals surface area (Å²) in [6.07, 6.45) is 2.11. The number of nitrogens with zero attached hydrogens (tertiary/aromatic N) is 2. The van der Waals surface area contributed by atoms with E-state index in [1.165, 1.54) is 30.9 Å². The lowest BCUT2D eigenvalue weighted by Crippen LogP contribution is -2.72. The molecule has 2 aromatic heterocycles. The first-order valence-corrected chi connectivity index (χ1v) is 8.92. The van der Waals surface area contributed by atoms with Crippen molar-refractivity contribution in [3.63, 3.8) is 0 Å². The standard InChI is InChI=1S/C19H28N4/c1-12(2)8-23-10-19(11-23)9-21-18(19)16-6-5-15-17(22-16)14(7-20-15)13(3)4/h5-7,12-13,18,20-21H,8-11H2,1-4H3. The second kappa shape index (κ2) is 5.32. The molecule has 0 saturated carbocycles. The lowest BCUT2D eigenvalue weighted by molar-refractivity contribution is -0.0874. The average Bonchev–Trinajstić information content (AvgIpc) is 2.84. The van der Waals surface area contributed by atoms with Gasteiger partial charge in [0.25, 0.3) is 0 Å². The molecule has 2 N–H and O–H groups in total. The van der Waals surface area contributed by atoms with Gasteiger partial charge in [-0.2, -0.15) is 0 Å². The highest BCUT2D eigenvalue weighted by atomic mass is 15.3. The smallest absolute Gasteiger partial charge is 0.0917 e. The van der Waals surface area contributed by atoms with Crippen LogP contribution in [0.15, 0.2) is 18.3 Å². The van der Waals surface area contributed by atoms with E-state index in [9.17, 15) is 0 Å². The Hall–Kier alpha value is -1.39. The predicted octanol–water partition coefficient (Wildman–Crippen LogP) is 3.29. The maximum Gasteiger partial charge on any atom is 0.0917 e. The van der Waals surface area contributed by atoms with Gasteiger partial charge in [0.2, 0.25) is 0 Å². The van der Waals surface area contributed by atoms with Crippen LogP contribution in [0, 0.1) is 11.3 Å². The number of hydrogen-bond acceptors (Lipinski definition) is 3. The Labute approximate surface area is 138 Å². The van der Waals surface area contributed by atoms with Gasteiger partial charge in [0.1, 0.15) is 0 Å². The predicted molar refractivity (Wildman–Crippen MR) is 94.6 cm³/mol. The fourth-order valence-corrected chi connectivity index (χ4v) is 4.33. The third-order valence-corrected chi connectivity index (χ3v) is 5.46. The van der Waals surface area contributed by atoms with Gasteiger partial charge >= 0.3 is 0 Å². The minimum absolute atomic E-state index is 0.421. The van der Waals surface area contributed by atoms with E-state index in [2.05, 4.69) is 61.2 Å². The number of aromatic amines is 1. The highest BCUT2D eigenvalue weighted by Gasteiger charge is 2.55. The van der Waals surface area contributed by atoms with Gasteiger partial charge in [-0.1, -0.05) is 27.7 Å². The minimum atomic E-state index is 0.421. The molecule has 1 unspecified atom stereocenters. The summed E-state index contributed by atoms with van der Waals surface area (Å²) in [4.78, 5) is 11.0. The van der Waals surface area contributed by atoms with Crippen molar-refractivity contribution in [2.75, 3.05) is 26.2 Å². The van der Waals surface area contributed by atoms with Crippen LogP contribution in [0.1, 0.15) is 50.9 Å². The first-order valence-electron chi connectivity index (χ1n) is 8.92. The van der Waals surface area contributed by atoms with E-state index >= 15 is 0 Å². The molecular weight excluding hydrogens is 284 g/mol. The number of nitrogens with one attached hydrogen (secondary N) is 2. The molecule has 23 heavy (non-hydrogen) atoms. The summed E-state index contributed by atoms with van der Waals surface area (Å²) in [5, 5.41) is 3.63. The van der Waals surface area contributed by atoms with Gasteiger partial charge in [-0.3, -0.25) is 0 Å². The Bertz CT molecular complexity index is 709. The lowest BCUT2D eigenvalue weighted by Gasteiger charge is -2.61. The van der Waals surface area contributed by atoms with E-state index in [0.29, 0.717) is 17.4 Å². The first-order chi connectivity index (χ1) is 11.0. The van der Waals surface area contributed by atoms with Crippen molar-refractivity contribution in [1.29, 1.82) is 0 Å². The van der Waals surface area contributed by atoms with Crippen LogP contribution in [0.5, 0.6) is 0 Å². The maximum atomic E-state index is 5.03. The summed E-state index contributed by atoms with van der Waals surface area (Å²) in [5.41, 5.74) is 5.27. The van der Waals surface area contributed by atoms with E-state index < -0.39 is 0 Å². The van der Waals surface area contributed by atoms with E-state index in [4.69, 9.17) is 4.98 Å². The minimum Gasteiger partial charge on any atom is -0.360 e. The number of rotatable bonds is 4. The molecule has 2 fully saturated rings. The van der Waals surface area contributed by atoms with E-state index in [1.807, 2.05) is 0 Å². The Kier molecular flexibility index (Phi) is 3.50. The topological polar surface area (TPSA) is 44.0 Å². The van der Waals surface area contributed by atoms with Crippen molar-refractivity contribution in [2.45, 2.75) is 39.7 Å². The van der Waals surface area contributed by atoms with Gasteiger partial charge in [-0.05, 0) is 29.5 Å². The average molecular weight is 312 g/mol. The van der Waals surface area contributed by atoms with Crippen LogP contribution >= 0.6 is 0 Å². The number of fused-ring (bicyclic) bond motifs is 1. The zero-order valence-corrected chi connectivity index (χ0v) is 14.7. The highest BCUT2D eigenvalue weighted by molar-refractivity contribution is 5.79. The lowest BCUT2D eigenvalue weighted by atomic mass is 9.66. The van der Waals surface area contributed by atoms with E-state index in [1.54, 1.807) is 0 Å². The largest absolute Gasteiger partial charge is 0.360 e. The van der Waals surface area contributed by atoms with Crippen molar-refractivity contribution in [1.82, 2.24) is 20.2 Å². The second-order valence-corrected chi connectivity index (χ2v) is 8.27. The van der Waals surface area contributed by atoms with Crippen molar-refractivity contribution in [2.24, 2.45) is 11.3 Å². The monoisotopic (exact) mass is 312 g/mol. The molecule has 0 radical (unpaired) electrons. The molecule has 0 aromatic carbocycles. The van der Waals surface area contributed by atoms with Crippen LogP contribution < -0.4 is 5.32 Å². The van der Waals surface area contributed by atoms with Gasteiger partial charge in [0.15, 0.2) is 0 Å². The molecule has 2 aliphatic heterocycles. The van der Waals surface area contributed by atoms with Gasteiger partial charge in [0, 0.05) is 37.8 Å². The molecular formula is C19H28N4. The molecule has 4 nitrogen and oxygen atoms in total. The third-order valence-electron chi connectivity index (χ3n) is 5.46. The van der Waals surface area contributed by atoms with Crippen LogP contribution in [0.25, 0.3) is 11.0 Å². The molecule has 1 atom stereocenters. The zero-order valence-electron chi connectivity index (χ0n) is 14.7. The molecule has 1 spiro atoms.